The van der Waals surface area contributed by atoms with E-state index in [1.54, 1.807) is 0 Å². The molecule has 80 valence electrons. The molecule has 2 heteroatoms. The first-order chi connectivity index (χ1) is 7.17. The summed E-state index contributed by atoms with van der Waals surface area (Å²) in [6.45, 7) is 4.06. The molecule has 1 rings (SSSR count). The Morgan fingerprint density at radius 2 is 1.87 bits per heavy atom. The van der Waals surface area contributed by atoms with E-state index in [-0.39, 0.29) is 0 Å². The van der Waals surface area contributed by atoms with Gasteiger partial charge in [-0.3, -0.25) is 0 Å². The number of allylic oxidation sites excluding steroid dienone is 1. The number of rotatable bonds is 4. The van der Waals surface area contributed by atoms with Crippen LogP contribution in [0.5, 0.6) is 0 Å². The van der Waals surface area contributed by atoms with Crippen LogP contribution in [-0.2, 0) is 11.2 Å². The van der Waals surface area contributed by atoms with Gasteiger partial charge in [0.25, 0.3) is 0 Å². The zero-order chi connectivity index (χ0) is 11.3. The minimum absolute atomic E-state index is 0.734. The van der Waals surface area contributed by atoms with Crippen LogP contribution in [0.3, 0.4) is 0 Å². The number of hydrogen-bond acceptors (Lipinski definition) is 1. The van der Waals surface area contributed by atoms with Gasteiger partial charge < -0.3 is 5.11 Å². The van der Waals surface area contributed by atoms with Crippen molar-refractivity contribution in [2.24, 2.45) is 0 Å². The van der Waals surface area contributed by atoms with Crippen LogP contribution < -0.4 is 0 Å². The average Bonchev–Trinajstić information content (AvgIpc) is 2.26. The summed E-state index contributed by atoms with van der Waals surface area (Å²) in [4.78, 5) is 10.6. The van der Waals surface area contributed by atoms with E-state index in [0.29, 0.717) is 0 Å². The van der Waals surface area contributed by atoms with Crippen molar-refractivity contribution in [3.63, 3.8) is 0 Å². The summed E-state index contributed by atoms with van der Waals surface area (Å²) in [6.07, 6.45) is 3.02. The van der Waals surface area contributed by atoms with Crippen LogP contribution in [0, 0.1) is 0 Å². The monoisotopic (exact) mass is 204 g/mol. The predicted molar refractivity (Wildman–Crippen MR) is 61.7 cm³/mol. The summed E-state index contributed by atoms with van der Waals surface area (Å²) < 4.78 is 0. The molecule has 0 aliphatic heterocycles. The quantitative estimate of drug-likeness (QED) is 0.765. The second-order valence-electron chi connectivity index (χ2n) is 3.41. The van der Waals surface area contributed by atoms with E-state index in [2.05, 4.69) is 6.92 Å². The second kappa shape index (κ2) is 5.35. The van der Waals surface area contributed by atoms with E-state index in [0.717, 1.165) is 24.0 Å². The summed E-state index contributed by atoms with van der Waals surface area (Å²) in [5, 5.41) is 8.70. The smallest absolute Gasteiger partial charge is 0.328 e. The zero-order valence-corrected chi connectivity index (χ0v) is 9.16. The number of aliphatic carboxylic acids is 1. The van der Waals surface area contributed by atoms with Crippen molar-refractivity contribution in [1.29, 1.82) is 0 Å². The Morgan fingerprint density at radius 3 is 2.27 bits per heavy atom. The standard InChI is InChI=1S/C13H16O2/c1-3-10-5-7-12(8-6-10)11(4-2)9-13(14)15/h5-9H,3-4H2,1-2H3,(H,14,15)/b11-9+. The maximum absolute atomic E-state index is 10.6. The fourth-order valence-electron chi connectivity index (χ4n) is 1.49. The van der Waals surface area contributed by atoms with E-state index in [4.69, 9.17) is 5.11 Å². The summed E-state index contributed by atoms with van der Waals surface area (Å²) in [5.41, 5.74) is 3.13. The molecule has 0 unspecified atom stereocenters. The van der Waals surface area contributed by atoms with Gasteiger partial charge >= 0.3 is 5.97 Å². The number of carbonyl (C=O) groups is 1. The van der Waals surface area contributed by atoms with E-state index >= 15 is 0 Å². The fourth-order valence-corrected chi connectivity index (χ4v) is 1.49. The zero-order valence-electron chi connectivity index (χ0n) is 9.16. The van der Waals surface area contributed by atoms with Crippen LogP contribution in [-0.4, -0.2) is 11.1 Å². The highest BCUT2D eigenvalue weighted by molar-refractivity contribution is 5.89. The van der Waals surface area contributed by atoms with Gasteiger partial charge in [0.15, 0.2) is 0 Å². The highest BCUT2D eigenvalue weighted by Gasteiger charge is 2.01. The Bertz CT molecular complexity index is 361. The molecule has 2 nitrogen and oxygen atoms in total. The highest BCUT2D eigenvalue weighted by atomic mass is 16.4. The first-order valence-corrected chi connectivity index (χ1v) is 5.20. The van der Waals surface area contributed by atoms with Crippen LogP contribution in [0.1, 0.15) is 31.4 Å². The van der Waals surface area contributed by atoms with Gasteiger partial charge in [0.2, 0.25) is 0 Å². The normalized spacial score (nSPS) is 11.5. The van der Waals surface area contributed by atoms with Gasteiger partial charge in [-0.25, -0.2) is 4.79 Å². The minimum Gasteiger partial charge on any atom is -0.478 e. The van der Waals surface area contributed by atoms with Crippen molar-refractivity contribution >= 4 is 11.5 Å². The summed E-state index contributed by atoms with van der Waals surface area (Å²) >= 11 is 0. The van der Waals surface area contributed by atoms with Gasteiger partial charge in [-0.05, 0) is 29.5 Å². The molecule has 0 bridgehead atoms. The Kier molecular flexibility index (Phi) is 4.10. The molecule has 0 atom stereocenters. The molecule has 0 fully saturated rings. The fraction of sp³-hybridized carbons (Fsp3) is 0.308. The van der Waals surface area contributed by atoms with Gasteiger partial charge in [0.1, 0.15) is 0 Å². The van der Waals surface area contributed by atoms with E-state index in [9.17, 15) is 4.79 Å². The van der Waals surface area contributed by atoms with Crippen molar-refractivity contribution in [2.75, 3.05) is 0 Å². The molecule has 0 heterocycles. The third-order valence-electron chi connectivity index (χ3n) is 2.41. The molecule has 0 radical (unpaired) electrons. The number of carboxylic acids is 1. The Morgan fingerprint density at radius 1 is 1.27 bits per heavy atom. The third-order valence-corrected chi connectivity index (χ3v) is 2.41. The lowest BCUT2D eigenvalue weighted by Gasteiger charge is -2.04. The van der Waals surface area contributed by atoms with Crippen LogP contribution in [0.25, 0.3) is 5.57 Å². The third kappa shape index (κ3) is 3.24. The van der Waals surface area contributed by atoms with Crippen molar-refractivity contribution in [3.05, 3.63) is 41.5 Å². The van der Waals surface area contributed by atoms with Crippen molar-refractivity contribution in [2.45, 2.75) is 26.7 Å². The number of aryl methyl sites for hydroxylation is 1. The largest absolute Gasteiger partial charge is 0.478 e. The Hall–Kier alpha value is -1.57. The van der Waals surface area contributed by atoms with Crippen LogP contribution >= 0.6 is 0 Å². The molecule has 1 aromatic rings. The van der Waals surface area contributed by atoms with Crippen LogP contribution in [0.4, 0.5) is 0 Å². The van der Waals surface area contributed by atoms with Gasteiger partial charge in [-0.1, -0.05) is 38.1 Å². The SMILES string of the molecule is CC/C(=C\C(=O)O)c1ccc(CC)cc1. The lowest BCUT2D eigenvalue weighted by atomic mass is 10.0. The second-order valence-corrected chi connectivity index (χ2v) is 3.41. The van der Waals surface area contributed by atoms with Gasteiger partial charge in [0, 0.05) is 6.08 Å². The topological polar surface area (TPSA) is 37.3 Å². The number of hydrogen-bond donors (Lipinski definition) is 1. The molecule has 0 spiro atoms. The Labute approximate surface area is 90.3 Å². The molecule has 15 heavy (non-hydrogen) atoms. The van der Waals surface area contributed by atoms with Crippen molar-refractivity contribution < 1.29 is 9.90 Å². The number of carboxylic acid groups (broad SMARTS) is 1. The summed E-state index contributed by atoms with van der Waals surface area (Å²) in [5.74, 6) is -0.883. The van der Waals surface area contributed by atoms with Crippen LogP contribution in [0.2, 0.25) is 0 Å². The minimum atomic E-state index is -0.883. The van der Waals surface area contributed by atoms with Gasteiger partial charge in [0.05, 0.1) is 0 Å². The first-order valence-electron chi connectivity index (χ1n) is 5.20. The lowest BCUT2D eigenvalue weighted by Crippen LogP contribution is -1.92. The molecule has 0 aromatic heterocycles. The molecule has 0 aliphatic carbocycles. The predicted octanol–water partition coefficient (Wildman–Crippen LogP) is 3.13. The first kappa shape index (κ1) is 11.5. The molecular weight excluding hydrogens is 188 g/mol. The highest BCUT2D eigenvalue weighted by Crippen LogP contribution is 2.18. The van der Waals surface area contributed by atoms with Crippen molar-refractivity contribution in [3.8, 4) is 0 Å². The van der Waals surface area contributed by atoms with Crippen molar-refractivity contribution in [1.82, 2.24) is 0 Å². The van der Waals surface area contributed by atoms with Gasteiger partial charge in [-0.15, -0.1) is 0 Å². The lowest BCUT2D eigenvalue weighted by molar-refractivity contribution is -0.131. The maximum Gasteiger partial charge on any atom is 0.328 e. The molecule has 1 N–H and O–H groups in total. The van der Waals surface area contributed by atoms with E-state index in [1.807, 2.05) is 31.2 Å². The molecule has 0 saturated carbocycles. The molecule has 0 saturated heterocycles. The van der Waals surface area contributed by atoms with Crippen LogP contribution in [0.15, 0.2) is 30.3 Å². The van der Waals surface area contributed by atoms with Gasteiger partial charge in [-0.2, -0.15) is 0 Å². The molecule has 1 aromatic carbocycles. The average molecular weight is 204 g/mol. The van der Waals surface area contributed by atoms with E-state index < -0.39 is 5.97 Å². The molecular formula is C13H16O2. The number of benzene rings is 1. The summed E-state index contributed by atoms with van der Waals surface area (Å²) in [7, 11) is 0. The van der Waals surface area contributed by atoms with E-state index in [1.165, 1.54) is 11.6 Å². The molecule has 0 amide bonds. The molecule has 0 aliphatic rings. The Balaban J connectivity index is 2.98. The summed E-state index contributed by atoms with van der Waals surface area (Å²) in [6, 6.07) is 8.05. The maximum atomic E-state index is 10.6.